The van der Waals surface area contributed by atoms with Crippen LogP contribution in [0.5, 0.6) is 0 Å². The second-order valence-corrected chi connectivity index (χ2v) is 11.5. The number of carbonyl (C=O) groups excluding carboxylic acids is 1. The lowest BCUT2D eigenvalue weighted by Gasteiger charge is -2.22. The number of nitrogens with one attached hydrogen (secondary N) is 2. The molecule has 3 aromatic carbocycles. The SMILES string of the molecule is CS(=O)(=O)N(CC(=O)Nc1ccc(S(=O)(=O)Nc2ccc(Cl)cc2)cc1)c1cccc(C(F)(F)F)c1. The van der Waals surface area contributed by atoms with Crippen LogP contribution in [-0.2, 0) is 31.0 Å². The molecular weight excluding hydrogens is 543 g/mol. The molecule has 0 fully saturated rings. The Balaban J connectivity index is 1.73. The number of anilines is 3. The van der Waals surface area contributed by atoms with Crippen LogP contribution in [-0.4, -0.2) is 35.5 Å². The molecule has 0 saturated carbocycles. The molecule has 0 aliphatic heterocycles. The first kappa shape index (κ1) is 27.3. The van der Waals surface area contributed by atoms with Crippen molar-refractivity contribution in [3.8, 4) is 0 Å². The van der Waals surface area contributed by atoms with Crippen LogP contribution in [0.25, 0.3) is 0 Å². The highest BCUT2D eigenvalue weighted by Gasteiger charge is 2.32. The van der Waals surface area contributed by atoms with E-state index in [9.17, 15) is 34.8 Å². The monoisotopic (exact) mass is 561 g/mol. The van der Waals surface area contributed by atoms with E-state index in [0.29, 0.717) is 15.4 Å². The number of benzene rings is 3. The number of carbonyl (C=O) groups is 1. The fourth-order valence-corrected chi connectivity index (χ4v) is 5.05. The van der Waals surface area contributed by atoms with Gasteiger partial charge in [-0.2, -0.15) is 13.2 Å². The largest absolute Gasteiger partial charge is 0.416 e. The van der Waals surface area contributed by atoms with Crippen LogP contribution in [0.4, 0.5) is 30.2 Å². The number of hydrogen-bond donors (Lipinski definition) is 2. The van der Waals surface area contributed by atoms with E-state index in [0.717, 1.165) is 24.5 Å². The van der Waals surface area contributed by atoms with Crippen molar-refractivity contribution < 1.29 is 34.8 Å². The molecule has 192 valence electrons. The Labute approximate surface area is 210 Å². The van der Waals surface area contributed by atoms with Crippen molar-refractivity contribution in [3.63, 3.8) is 0 Å². The first-order valence-electron chi connectivity index (χ1n) is 9.98. The van der Waals surface area contributed by atoms with Crippen LogP contribution in [0.3, 0.4) is 0 Å². The van der Waals surface area contributed by atoms with Gasteiger partial charge in [-0.05, 0) is 66.7 Å². The number of halogens is 4. The predicted octanol–water partition coefficient (Wildman–Crippen LogP) is 4.56. The summed E-state index contributed by atoms with van der Waals surface area (Å²) < 4.78 is 91.5. The van der Waals surface area contributed by atoms with Crippen molar-refractivity contribution in [1.29, 1.82) is 0 Å². The maximum atomic E-state index is 13.0. The highest BCUT2D eigenvalue weighted by atomic mass is 35.5. The van der Waals surface area contributed by atoms with Crippen LogP contribution >= 0.6 is 11.6 Å². The second-order valence-electron chi connectivity index (χ2n) is 7.50. The van der Waals surface area contributed by atoms with E-state index in [1.165, 1.54) is 48.5 Å². The van der Waals surface area contributed by atoms with Gasteiger partial charge in [0.1, 0.15) is 6.54 Å². The van der Waals surface area contributed by atoms with Crippen LogP contribution in [0.2, 0.25) is 5.02 Å². The van der Waals surface area contributed by atoms with Crippen molar-refractivity contribution in [3.05, 3.63) is 83.4 Å². The molecule has 1 amide bonds. The average molecular weight is 562 g/mol. The Morgan fingerprint density at radius 1 is 0.917 bits per heavy atom. The summed E-state index contributed by atoms with van der Waals surface area (Å²) in [4.78, 5) is 12.4. The molecule has 0 unspecified atom stereocenters. The van der Waals surface area contributed by atoms with Crippen LogP contribution in [0.15, 0.2) is 77.7 Å². The van der Waals surface area contributed by atoms with Crippen LogP contribution in [0, 0.1) is 0 Å². The van der Waals surface area contributed by atoms with Gasteiger partial charge in [-0.1, -0.05) is 17.7 Å². The van der Waals surface area contributed by atoms with Gasteiger partial charge in [-0.15, -0.1) is 0 Å². The summed E-state index contributed by atoms with van der Waals surface area (Å²) in [5.74, 6) is -0.854. The molecule has 3 aromatic rings. The summed E-state index contributed by atoms with van der Waals surface area (Å²) >= 11 is 5.78. The Kier molecular flexibility index (Phi) is 7.86. The molecule has 0 aliphatic carbocycles. The molecular formula is C22H19ClF3N3O5S2. The topological polar surface area (TPSA) is 113 Å². The molecule has 0 spiro atoms. The highest BCUT2D eigenvalue weighted by molar-refractivity contribution is 7.92. The van der Waals surface area contributed by atoms with Gasteiger partial charge < -0.3 is 5.32 Å². The minimum Gasteiger partial charge on any atom is -0.325 e. The standard InChI is InChI=1S/C22H19ClF3N3O5S2/c1-35(31,32)29(19-4-2-3-15(13-19)22(24,25)26)14-21(30)27-17-9-11-20(12-10-17)36(33,34)28-18-7-5-16(23)6-8-18/h2-13,28H,14H2,1H3,(H,27,30). The smallest absolute Gasteiger partial charge is 0.325 e. The van der Waals surface area contributed by atoms with E-state index in [2.05, 4.69) is 10.0 Å². The van der Waals surface area contributed by atoms with E-state index in [-0.39, 0.29) is 22.0 Å². The molecule has 2 N–H and O–H groups in total. The molecule has 0 aromatic heterocycles. The highest BCUT2D eigenvalue weighted by Crippen LogP contribution is 2.32. The quantitative estimate of drug-likeness (QED) is 0.418. The Morgan fingerprint density at radius 3 is 2.06 bits per heavy atom. The number of amides is 1. The van der Waals surface area contributed by atoms with Crippen molar-refractivity contribution >= 4 is 54.6 Å². The zero-order chi connectivity index (χ0) is 26.7. The first-order chi connectivity index (χ1) is 16.6. The Bertz CT molecular complexity index is 1460. The lowest BCUT2D eigenvalue weighted by Crippen LogP contribution is -2.37. The van der Waals surface area contributed by atoms with Crippen molar-refractivity contribution in [2.45, 2.75) is 11.1 Å². The minimum absolute atomic E-state index is 0.114. The number of nitrogens with zero attached hydrogens (tertiary/aromatic N) is 1. The first-order valence-corrected chi connectivity index (χ1v) is 13.7. The maximum Gasteiger partial charge on any atom is 0.416 e. The van der Waals surface area contributed by atoms with Gasteiger partial charge in [0.2, 0.25) is 15.9 Å². The Hall–Kier alpha value is -3.29. The summed E-state index contributed by atoms with van der Waals surface area (Å²) in [6, 6.07) is 14.6. The van der Waals surface area contributed by atoms with Gasteiger partial charge in [-0.3, -0.25) is 13.8 Å². The molecule has 0 bridgehead atoms. The molecule has 0 radical (unpaired) electrons. The molecule has 0 saturated heterocycles. The summed E-state index contributed by atoms with van der Waals surface area (Å²) in [5.41, 5.74) is -0.981. The zero-order valence-corrected chi connectivity index (χ0v) is 20.8. The number of alkyl halides is 3. The lowest BCUT2D eigenvalue weighted by molar-refractivity contribution is -0.137. The van der Waals surface area contributed by atoms with Gasteiger partial charge in [0.05, 0.1) is 22.4 Å². The predicted molar refractivity (Wildman–Crippen MR) is 131 cm³/mol. The number of sulfonamides is 2. The number of rotatable bonds is 8. The summed E-state index contributed by atoms with van der Waals surface area (Å²) in [6.07, 6.45) is -3.94. The lowest BCUT2D eigenvalue weighted by atomic mass is 10.2. The third kappa shape index (κ3) is 7.12. The van der Waals surface area contributed by atoms with Crippen molar-refractivity contribution in [2.24, 2.45) is 0 Å². The molecule has 36 heavy (non-hydrogen) atoms. The molecule has 8 nitrogen and oxygen atoms in total. The van der Waals surface area contributed by atoms with Crippen molar-refractivity contribution in [1.82, 2.24) is 0 Å². The van der Waals surface area contributed by atoms with E-state index in [4.69, 9.17) is 11.6 Å². The molecule has 0 atom stereocenters. The Morgan fingerprint density at radius 2 is 1.50 bits per heavy atom. The van der Waals surface area contributed by atoms with Gasteiger partial charge in [-0.25, -0.2) is 16.8 Å². The minimum atomic E-state index is -4.70. The van der Waals surface area contributed by atoms with Crippen LogP contribution in [0.1, 0.15) is 5.56 Å². The molecule has 14 heteroatoms. The maximum absolute atomic E-state index is 13.0. The third-order valence-electron chi connectivity index (χ3n) is 4.69. The van der Waals surface area contributed by atoms with Gasteiger partial charge in [0, 0.05) is 16.4 Å². The molecule has 3 rings (SSSR count). The fraction of sp³-hybridized carbons (Fsp3) is 0.136. The second kappa shape index (κ2) is 10.4. The van der Waals surface area contributed by atoms with Gasteiger partial charge in [0.25, 0.3) is 10.0 Å². The van der Waals surface area contributed by atoms with E-state index in [1.54, 1.807) is 0 Å². The van der Waals surface area contributed by atoms with E-state index < -0.39 is 44.2 Å². The van der Waals surface area contributed by atoms with Gasteiger partial charge >= 0.3 is 6.18 Å². The molecule has 0 aliphatic rings. The normalized spacial score (nSPS) is 12.1. The van der Waals surface area contributed by atoms with E-state index >= 15 is 0 Å². The van der Waals surface area contributed by atoms with Gasteiger partial charge in [0.15, 0.2) is 0 Å². The summed E-state index contributed by atoms with van der Waals surface area (Å²) in [6.45, 7) is -0.807. The van der Waals surface area contributed by atoms with Crippen LogP contribution < -0.4 is 14.3 Å². The van der Waals surface area contributed by atoms with Crippen molar-refractivity contribution in [2.75, 3.05) is 27.1 Å². The summed E-state index contributed by atoms with van der Waals surface area (Å²) in [5, 5.41) is 2.83. The zero-order valence-electron chi connectivity index (χ0n) is 18.5. The van der Waals surface area contributed by atoms with E-state index in [1.807, 2.05) is 0 Å². The third-order valence-corrected chi connectivity index (χ3v) is 7.48. The average Bonchev–Trinajstić information content (AvgIpc) is 2.78. The summed E-state index contributed by atoms with van der Waals surface area (Å²) in [7, 11) is -8.06. The molecule has 0 heterocycles. The number of hydrogen-bond acceptors (Lipinski definition) is 5. The fourth-order valence-electron chi connectivity index (χ4n) is 3.02.